The van der Waals surface area contributed by atoms with Crippen LogP contribution in [0.1, 0.15) is 74.7 Å². The minimum absolute atomic E-state index is 0.585. The number of hydrogen-bond donors (Lipinski definition) is 0. The van der Waals surface area contributed by atoms with Gasteiger partial charge in [0.25, 0.3) is 0 Å². The predicted octanol–water partition coefficient (Wildman–Crippen LogP) is 16.0. The van der Waals surface area contributed by atoms with Crippen molar-refractivity contribution in [1.29, 1.82) is 0 Å². The highest BCUT2D eigenvalue weighted by molar-refractivity contribution is 6.11. The molecule has 2 aromatic heterocycles. The molecular formula is C59H39NO. The summed E-state index contributed by atoms with van der Waals surface area (Å²) < 4.78 is 356. The van der Waals surface area contributed by atoms with Gasteiger partial charge in [0.05, 0.1) is 63.1 Å². The van der Waals surface area contributed by atoms with Crippen molar-refractivity contribution >= 4 is 54.5 Å². The molecule has 1 atom stereocenters. The molecule has 0 spiro atoms. The quantitative estimate of drug-likeness (QED) is 0.147. The maximum atomic E-state index is 10.2. The van der Waals surface area contributed by atoms with E-state index in [-0.39, 0.29) is 0 Å². The van der Waals surface area contributed by atoms with Crippen LogP contribution < -0.4 is 0 Å². The van der Waals surface area contributed by atoms with Crippen LogP contribution in [0.25, 0.3) is 93.6 Å². The van der Waals surface area contributed by atoms with E-state index in [0.29, 0.717) is 4.57 Å². The first-order valence-corrected chi connectivity index (χ1v) is 17.9. The number of benzene rings is 10. The fourth-order valence-corrected chi connectivity index (χ4v) is 6.98. The Morgan fingerprint density at radius 1 is 0.377 bits per heavy atom. The third-order valence-corrected chi connectivity index (χ3v) is 9.68. The van der Waals surface area contributed by atoms with Gasteiger partial charge in [-0.05, 0) is 91.5 Å². The molecule has 0 amide bonds. The summed E-state index contributed by atoms with van der Waals surface area (Å²) in [6.07, 6.45) is 0. The van der Waals surface area contributed by atoms with E-state index in [1.807, 2.05) is 0 Å². The highest BCUT2D eigenvalue weighted by Gasteiger charge is 2.25. The van der Waals surface area contributed by atoms with Crippen molar-refractivity contribution in [3.63, 3.8) is 0 Å². The van der Waals surface area contributed by atoms with E-state index in [1.165, 1.54) is 0 Å². The van der Waals surface area contributed by atoms with Crippen LogP contribution in [0.3, 0.4) is 0 Å². The van der Waals surface area contributed by atoms with Gasteiger partial charge in [-0.25, -0.2) is 0 Å². The Kier molecular flexibility index (Phi) is 3.26. The van der Waals surface area contributed by atoms with Gasteiger partial charge >= 0.3 is 0 Å². The molecule has 12 rings (SSSR count). The SMILES string of the molecule is [2H]c1c([2H])c([2H])c(-c2c([2H])c([2H])c(C(c3c([2H])c([2H])c(-c4c([2H])c([2H])c5c([2H])c([2H])c([2H])c([2H])c5c4[2H])c([2H])c3[2H])c3c([2H])c([2H])c4c(oc5c([2H])c([2H])c([2H])c([2H])c54)c3-c3c([2H])c([2H])c(-n4c5c([2H])c([2H])c([2H])c([2H])c5c5c([2H])c([2H])c([2H])c([2H])c54)c([2H])c3[2H])c([2H])c2[2H])c([2H])c1[2H]. The lowest BCUT2D eigenvalue weighted by Crippen LogP contribution is -2.06. The van der Waals surface area contributed by atoms with Gasteiger partial charge in [0, 0.05) is 38.7 Å². The number of aromatic nitrogens is 1. The second-order valence-electron chi connectivity index (χ2n) is 13.1. The Balaban J connectivity index is 1.33. The van der Waals surface area contributed by atoms with Crippen LogP contribution >= 0.6 is 0 Å². The van der Waals surface area contributed by atoms with E-state index in [4.69, 9.17) is 35.9 Å². The first-order valence-electron chi connectivity index (χ1n) is 36.9. The lowest BCUT2D eigenvalue weighted by atomic mass is 9.80. The smallest absolute Gasteiger partial charge is 0.143 e. The number of rotatable bonds is 7. The highest BCUT2D eigenvalue weighted by Crippen LogP contribution is 2.45. The van der Waals surface area contributed by atoms with Gasteiger partial charge in [0.1, 0.15) is 11.2 Å². The van der Waals surface area contributed by atoms with Crippen LogP contribution in [0, 0.1) is 0 Å². The number of fused-ring (bicyclic) bond motifs is 7. The maximum Gasteiger partial charge on any atom is 0.143 e. The highest BCUT2D eigenvalue weighted by atomic mass is 16.3. The first-order chi connectivity index (χ1) is 46.1. The average Bonchev–Trinajstić information content (AvgIpc) is 1.65. The van der Waals surface area contributed by atoms with Crippen molar-refractivity contribution in [2.75, 3.05) is 0 Å². The van der Waals surface area contributed by atoms with E-state index < -0.39 is 346 Å². The molecule has 2 heteroatoms. The molecule has 1 unspecified atom stereocenters. The van der Waals surface area contributed by atoms with E-state index in [2.05, 4.69) is 0 Å². The normalized spacial score (nSPS) is 20.9. The van der Waals surface area contributed by atoms with Crippen molar-refractivity contribution in [2.24, 2.45) is 0 Å². The zero-order valence-corrected chi connectivity index (χ0v) is 30.4. The van der Waals surface area contributed by atoms with Crippen molar-refractivity contribution in [3.05, 3.63) is 246 Å². The Bertz CT molecular complexity index is 5660. The molecule has 12 aromatic rings. The van der Waals surface area contributed by atoms with Crippen molar-refractivity contribution in [2.45, 2.75) is 5.92 Å². The largest absolute Gasteiger partial charge is 0.455 e. The molecule has 0 saturated heterocycles. The zero-order valence-electron chi connectivity index (χ0n) is 68.4. The number of furan rings is 1. The van der Waals surface area contributed by atoms with Crippen molar-refractivity contribution < 1.29 is 56.5 Å². The van der Waals surface area contributed by atoms with Crippen molar-refractivity contribution in [1.82, 2.24) is 4.57 Å². The molecule has 0 N–H and O–H groups in total. The van der Waals surface area contributed by atoms with Crippen LogP contribution in [0.15, 0.2) is 234 Å². The average molecular weight is 816 g/mol. The van der Waals surface area contributed by atoms with E-state index >= 15 is 0 Å². The summed E-state index contributed by atoms with van der Waals surface area (Å²) in [5.41, 5.74) is -13.9. The molecule has 0 aliphatic rings. The van der Waals surface area contributed by atoms with Gasteiger partial charge in [-0.1, -0.05) is 193 Å². The summed E-state index contributed by atoms with van der Waals surface area (Å²) in [6, 6.07) is -41.5. The Hall–Kier alpha value is -7.94. The third kappa shape index (κ3) is 5.95. The molecule has 0 saturated carbocycles. The number of hydrogen-bond acceptors (Lipinski definition) is 1. The summed E-state index contributed by atoms with van der Waals surface area (Å²) in [6.45, 7) is 0. The van der Waals surface area contributed by atoms with E-state index in [1.54, 1.807) is 0 Å². The first kappa shape index (κ1) is 13.8. The minimum Gasteiger partial charge on any atom is -0.455 e. The van der Waals surface area contributed by atoms with Gasteiger partial charge in [-0.15, -0.1) is 0 Å². The number of para-hydroxylation sites is 3. The molecule has 2 nitrogen and oxygen atoms in total. The second-order valence-corrected chi connectivity index (χ2v) is 13.1. The Morgan fingerprint density at radius 2 is 0.902 bits per heavy atom. The minimum atomic E-state index is -2.81. The summed E-state index contributed by atoms with van der Waals surface area (Å²) >= 11 is 0. The van der Waals surface area contributed by atoms with Crippen LogP contribution in [0.4, 0.5) is 0 Å². The number of nitrogens with zero attached hydrogens (tertiary/aromatic N) is 1. The van der Waals surface area contributed by atoms with Gasteiger partial charge < -0.3 is 8.98 Å². The molecule has 286 valence electrons. The van der Waals surface area contributed by atoms with Crippen molar-refractivity contribution in [3.8, 4) is 39.1 Å². The van der Waals surface area contributed by atoms with Crippen LogP contribution in [0.5, 0.6) is 0 Å². The Labute approximate surface area is 407 Å². The fraction of sp³-hybridized carbons (Fsp3) is 0.0169. The summed E-state index contributed by atoms with van der Waals surface area (Å²) in [4.78, 5) is 0. The molecule has 2 heterocycles. The summed E-state index contributed by atoms with van der Waals surface area (Å²) in [7, 11) is 0. The van der Waals surface area contributed by atoms with Gasteiger partial charge in [0.2, 0.25) is 0 Å². The topological polar surface area (TPSA) is 18.1 Å². The fourth-order valence-electron chi connectivity index (χ4n) is 6.98. The maximum absolute atomic E-state index is 10.2. The molecule has 0 radical (unpaired) electrons. The monoisotopic (exact) mass is 816 g/mol. The molecule has 0 aliphatic carbocycles. The predicted molar refractivity (Wildman–Crippen MR) is 256 cm³/mol. The second kappa shape index (κ2) is 14.4. The van der Waals surface area contributed by atoms with Gasteiger partial charge in [0.15, 0.2) is 0 Å². The van der Waals surface area contributed by atoms with Gasteiger partial charge in [-0.3, -0.25) is 0 Å². The summed E-state index contributed by atoms with van der Waals surface area (Å²) in [5.74, 6) is -2.81. The molecule has 0 bridgehead atoms. The lowest BCUT2D eigenvalue weighted by molar-refractivity contribution is 0.669. The van der Waals surface area contributed by atoms with Crippen LogP contribution in [-0.2, 0) is 0 Å². The molecule has 61 heavy (non-hydrogen) atoms. The van der Waals surface area contributed by atoms with E-state index in [0.717, 1.165) is 0 Å². The molecule has 10 aromatic carbocycles. The molecule has 0 aliphatic heterocycles. The van der Waals surface area contributed by atoms with Gasteiger partial charge in [-0.2, -0.15) is 0 Å². The van der Waals surface area contributed by atoms with E-state index in [9.17, 15) is 20.6 Å². The molecular weight excluding hydrogens is 739 g/mol. The summed E-state index contributed by atoms with van der Waals surface area (Å²) in [5, 5.41) is -4.02. The standard InChI is InChI=1S/C59H39NO/c1-2-12-39(13-3-1)41-22-27-43(28-23-41)57(44-29-24-42(25-30-44)47-31-26-40-14-4-5-15-46(40)38-47)53-37-36-52-51-18-8-11-21-56(51)61-59(52)58(53)45-32-34-48(35-33-45)60-54-19-9-6-16-49(54)50-17-7-10-20-55(50)60/h1-38,57H/i1D,2D,3D,4D,5D,6D,7D,8D,9D,10D,11D,12D,13D,14D,15D,16D,17D,18D,19D,20D,21D,22D,23D,24D,25D,26D,27D,28D,29D,30D,31D,32D,33D,34D,35D,36D,37D,38D. The third-order valence-electron chi connectivity index (χ3n) is 9.68. The van der Waals surface area contributed by atoms with Crippen LogP contribution in [-0.4, -0.2) is 4.57 Å². The van der Waals surface area contributed by atoms with Crippen LogP contribution in [0.2, 0.25) is 0 Å². The molecule has 0 fully saturated rings. The zero-order chi connectivity index (χ0) is 73.3. The Morgan fingerprint density at radius 3 is 1.59 bits per heavy atom. The lowest BCUT2D eigenvalue weighted by Gasteiger charge is -2.23.